The van der Waals surface area contributed by atoms with E-state index in [1.165, 1.54) is 12.1 Å². The largest absolute Gasteiger partial charge is 0.508 e. The molecule has 0 aliphatic carbocycles. The van der Waals surface area contributed by atoms with Crippen LogP contribution in [0.4, 0.5) is 4.39 Å². The van der Waals surface area contributed by atoms with E-state index >= 15 is 0 Å². The summed E-state index contributed by atoms with van der Waals surface area (Å²) in [4.78, 5) is 0. The second kappa shape index (κ2) is 3.19. The van der Waals surface area contributed by atoms with Crippen molar-refractivity contribution in [2.45, 2.75) is 6.61 Å². The molecule has 2 nitrogen and oxygen atoms in total. The van der Waals surface area contributed by atoms with Crippen molar-refractivity contribution >= 4 is 15.9 Å². The molecule has 0 amide bonds. The molecule has 1 aromatic rings. The zero-order chi connectivity index (χ0) is 8.43. The van der Waals surface area contributed by atoms with Gasteiger partial charge in [0.25, 0.3) is 0 Å². The Morgan fingerprint density at radius 2 is 2.09 bits per heavy atom. The predicted octanol–water partition coefficient (Wildman–Crippen LogP) is 1.79. The predicted molar refractivity (Wildman–Crippen MR) is 41.7 cm³/mol. The summed E-state index contributed by atoms with van der Waals surface area (Å²) in [5.41, 5.74) is 0.0804. The van der Waals surface area contributed by atoms with Crippen molar-refractivity contribution in [2.75, 3.05) is 0 Å². The van der Waals surface area contributed by atoms with Crippen LogP contribution in [0.3, 0.4) is 0 Å². The average Bonchev–Trinajstić information content (AvgIpc) is 1.96. The van der Waals surface area contributed by atoms with Crippen LogP contribution in [-0.2, 0) is 6.61 Å². The zero-order valence-corrected chi connectivity index (χ0v) is 7.10. The van der Waals surface area contributed by atoms with Crippen LogP contribution < -0.4 is 0 Å². The molecule has 2 N–H and O–H groups in total. The Hall–Kier alpha value is -0.610. The Morgan fingerprint density at radius 1 is 1.45 bits per heavy atom. The number of halogens is 2. The molecular formula is C7H6BrFO2. The van der Waals surface area contributed by atoms with E-state index in [0.29, 0.717) is 0 Å². The van der Waals surface area contributed by atoms with E-state index in [2.05, 4.69) is 15.9 Å². The standard InChI is InChI=1S/C7H6BrFO2/c8-6-2-5(11)1-4(3-10)7(6)9/h1-2,10-11H,3H2. The summed E-state index contributed by atoms with van der Waals surface area (Å²) >= 11 is 2.89. The van der Waals surface area contributed by atoms with Gasteiger partial charge in [-0.05, 0) is 28.1 Å². The number of hydrogen-bond donors (Lipinski definition) is 2. The molecule has 60 valence electrons. The smallest absolute Gasteiger partial charge is 0.143 e. The molecule has 0 radical (unpaired) electrons. The van der Waals surface area contributed by atoms with Crippen LogP contribution in [0.15, 0.2) is 16.6 Å². The van der Waals surface area contributed by atoms with Crippen molar-refractivity contribution in [1.29, 1.82) is 0 Å². The van der Waals surface area contributed by atoms with Gasteiger partial charge < -0.3 is 10.2 Å². The molecule has 0 aliphatic rings. The molecule has 1 aromatic carbocycles. The maximum absolute atomic E-state index is 12.9. The first-order valence-electron chi connectivity index (χ1n) is 2.93. The first-order valence-corrected chi connectivity index (χ1v) is 3.72. The molecular weight excluding hydrogens is 215 g/mol. The van der Waals surface area contributed by atoms with Crippen LogP contribution >= 0.6 is 15.9 Å². The number of hydrogen-bond acceptors (Lipinski definition) is 2. The summed E-state index contributed by atoms with van der Waals surface area (Å²) in [6, 6.07) is 2.41. The highest BCUT2D eigenvalue weighted by Gasteiger charge is 2.06. The third-order valence-corrected chi connectivity index (χ3v) is 1.84. The molecule has 0 heterocycles. The lowest BCUT2D eigenvalue weighted by atomic mass is 10.2. The van der Waals surface area contributed by atoms with Crippen LogP contribution in [0, 0.1) is 5.82 Å². The summed E-state index contributed by atoms with van der Waals surface area (Å²) < 4.78 is 13.0. The molecule has 0 saturated carbocycles. The Balaban J connectivity index is 3.24. The lowest BCUT2D eigenvalue weighted by Crippen LogP contribution is -1.90. The third-order valence-electron chi connectivity index (χ3n) is 1.26. The van der Waals surface area contributed by atoms with Gasteiger partial charge in [0.15, 0.2) is 0 Å². The Labute approximate surface area is 71.4 Å². The van der Waals surface area contributed by atoms with E-state index in [1.54, 1.807) is 0 Å². The second-order valence-corrected chi connectivity index (χ2v) is 2.91. The number of phenolic OH excluding ortho intramolecular Hbond substituents is 1. The molecule has 0 spiro atoms. The van der Waals surface area contributed by atoms with Gasteiger partial charge in [-0.3, -0.25) is 0 Å². The van der Waals surface area contributed by atoms with Gasteiger partial charge in [0.2, 0.25) is 0 Å². The molecule has 0 bridgehead atoms. The number of aromatic hydroxyl groups is 1. The van der Waals surface area contributed by atoms with Crippen LogP contribution in [0.1, 0.15) is 5.56 Å². The molecule has 0 saturated heterocycles. The van der Waals surface area contributed by atoms with Crippen LogP contribution in [0.25, 0.3) is 0 Å². The summed E-state index contributed by atoms with van der Waals surface area (Å²) in [5.74, 6) is -0.604. The minimum absolute atomic E-state index is 0.0673. The maximum Gasteiger partial charge on any atom is 0.143 e. The normalized spacial score (nSPS) is 10.1. The minimum atomic E-state index is -0.537. The van der Waals surface area contributed by atoms with E-state index in [1.807, 2.05) is 0 Å². The van der Waals surface area contributed by atoms with Crippen molar-refractivity contribution < 1.29 is 14.6 Å². The first-order chi connectivity index (χ1) is 5.15. The first kappa shape index (κ1) is 8.49. The quantitative estimate of drug-likeness (QED) is 0.758. The fourth-order valence-electron chi connectivity index (χ4n) is 0.745. The van der Waals surface area contributed by atoms with E-state index in [-0.39, 0.29) is 15.8 Å². The molecule has 11 heavy (non-hydrogen) atoms. The number of rotatable bonds is 1. The van der Waals surface area contributed by atoms with Gasteiger partial charge >= 0.3 is 0 Å². The van der Waals surface area contributed by atoms with E-state index in [4.69, 9.17) is 10.2 Å². The Kier molecular flexibility index (Phi) is 2.46. The Bertz CT molecular complexity index is 275. The lowest BCUT2D eigenvalue weighted by molar-refractivity contribution is 0.274. The lowest BCUT2D eigenvalue weighted by Gasteiger charge is -2.01. The van der Waals surface area contributed by atoms with Crippen LogP contribution in [-0.4, -0.2) is 10.2 Å². The summed E-state index contributed by atoms with van der Waals surface area (Å²) in [6.45, 7) is -0.418. The van der Waals surface area contributed by atoms with Gasteiger partial charge in [-0.2, -0.15) is 0 Å². The molecule has 0 fully saturated rings. The molecule has 0 aromatic heterocycles. The fourth-order valence-corrected chi connectivity index (χ4v) is 1.23. The monoisotopic (exact) mass is 220 g/mol. The molecule has 1 rings (SSSR count). The average molecular weight is 221 g/mol. The SMILES string of the molecule is OCc1cc(O)cc(Br)c1F. The topological polar surface area (TPSA) is 40.5 Å². The highest BCUT2D eigenvalue weighted by molar-refractivity contribution is 9.10. The minimum Gasteiger partial charge on any atom is -0.508 e. The highest BCUT2D eigenvalue weighted by Crippen LogP contribution is 2.24. The van der Waals surface area contributed by atoms with Crippen molar-refractivity contribution in [3.8, 4) is 5.75 Å². The van der Waals surface area contributed by atoms with Crippen molar-refractivity contribution in [1.82, 2.24) is 0 Å². The van der Waals surface area contributed by atoms with E-state index < -0.39 is 12.4 Å². The third kappa shape index (κ3) is 1.70. The highest BCUT2D eigenvalue weighted by atomic mass is 79.9. The van der Waals surface area contributed by atoms with Crippen molar-refractivity contribution in [3.05, 3.63) is 28.0 Å². The van der Waals surface area contributed by atoms with E-state index in [9.17, 15) is 4.39 Å². The van der Waals surface area contributed by atoms with Crippen molar-refractivity contribution in [2.24, 2.45) is 0 Å². The van der Waals surface area contributed by atoms with Crippen LogP contribution in [0.5, 0.6) is 5.75 Å². The molecule has 4 heteroatoms. The van der Waals surface area contributed by atoms with Gasteiger partial charge in [0.1, 0.15) is 11.6 Å². The van der Waals surface area contributed by atoms with E-state index in [0.717, 1.165) is 0 Å². The Morgan fingerprint density at radius 3 is 2.64 bits per heavy atom. The van der Waals surface area contributed by atoms with Gasteiger partial charge in [-0.25, -0.2) is 4.39 Å². The number of aliphatic hydroxyl groups excluding tert-OH is 1. The number of benzene rings is 1. The molecule has 0 aliphatic heterocycles. The van der Waals surface area contributed by atoms with Crippen molar-refractivity contribution in [3.63, 3.8) is 0 Å². The molecule has 0 unspecified atom stereocenters. The summed E-state index contributed by atoms with van der Waals surface area (Å²) in [6.07, 6.45) is 0. The second-order valence-electron chi connectivity index (χ2n) is 2.06. The number of aliphatic hydroxyl groups is 1. The van der Waals surface area contributed by atoms with Gasteiger partial charge in [0, 0.05) is 5.56 Å². The summed E-state index contributed by atoms with van der Waals surface area (Å²) in [7, 11) is 0. The fraction of sp³-hybridized carbons (Fsp3) is 0.143. The van der Waals surface area contributed by atoms with Gasteiger partial charge in [-0.15, -0.1) is 0 Å². The van der Waals surface area contributed by atoms with Crippen LogP contribution in [0.2, 0.25) is 0 Å². The molecule has 0 atom stereocenters. The number of phenols is 1. The zero-order valence-electron chi connectivity index (χ0n) is 5.51. The van der Waals surface area contributed by atoms with Gasteiger partial charge in [-0.1, -0.05) is 0 Å². The maximum atomic E-state index is 12.9. The van der Waals surface area contributed by atoms with Gasteiger partial charge in [0.05, 0.1) is 11.1 Å². The summed E-state index contributed by atoms with van der Waals surface area (Å²) in [5, 5.41) is 17.5.